The van der Waals surface area contributed by atoms with E-state index in [-0.39, 0.29) is 0 Å². The van der Waals surface area contributed by atoms with E-state index in [0.717, 1.165) is 12.3 Å². The minimum absolute atomic E-state index is 0.815. The maximum Gasteiger partial charge on any atom is 0.0223 e. The highest BCUT2D eigenvalue weighted by atomic mass is 35.5. The van der Waals surface area contributed by atoms with Crippen LogP contribution in [0.25, 0.3) is 0 Å². The third-order valence-corrected chi connectivity index (χ3v) is 2.98. The van der Waals surface area contributed by atoms with Gasteiger partial charge < -0.3 is 0 Å². The molecule has 0 aliphatic heterocycles. The molecule has 0 aromatic heterocycles. The Kier molecular flexibility index (Phi) is 15.2. The quantitative estimate of drug-likeness (QED) is 0.266. The van der Waals surface area contributed by atoms with Gasteiger partial charge in [0.25, 0.3) is 0 Å². The summed E-state index contributed by atoms with van der Waals surface area (Å²) >= 11 is 5.62. The van der Waals surface area contributed by atoms with E-state index < -0.39 is 0 Å². The minimum atomic E-state index is 0.815. The van der Waals surface area contributed by atoms with Gasteiger partial charge in [0.15, 0.2) is 0 Å². The largest absolute Gasteiger partial charge is 0.127 e. The van der Waals surface area contributed by atoms with Gasteiger partial charge in [-0.2, -0.15) is 0 Å². The molecule has 0 aliphatic carbocycles. The highest BCUT2D eigenvalue weighted by Gasteiger charge is 1.89. The molecule has 0 saturated heterocycles. The molecule has 0 spiro atoms. The fourth-order valence-corrected chi connectivity index (χ4v) is 1.80. The molecule has 0 saturated carbocycles. The van der Waals surface area contributed by atoms with Crippen molar-refractivity contribution >= 4 is 11.6 Å². The molecule has 0 atom stereocenters. The number of alkyl halides is 1. The molecule has 0 bridgehead atoms. The predicted octanol–water partition coefficient (Wildman–Crippen LogP) is 5.71. The van der Waals surface area contributed by atoms with E-state index in [1.165, 1.54) is 57.8 Å². The molecule has 0 radical (unpaired) electrons. The Balaban J connectivity index is 3.16. The van der Waals surface area contributed by atoms with Gasteiger partial charge in [-0.15, -0.1) is 11.6 Å². The Morgan fingerprint density at radius 2 is 1.65 bits per heavy atom. The smallest absolute Gasteiger partial charge is 0.0223 e. The number of unbranched alkanes of at least 4 members (excludes halogenated alkanes) is 8. The molecule has 98 valence electrons. The molecule has 17 heavy (non-hydrogen) atoms. The average molecular weight is 255 g/mol. The van der Waals surface area contributed by atoms with Gasteiger partial charge in [0, 0.05) is 12.3 Å². The highest BCUT2D eigenvalue weighted by molar-refractivity contribution is 6.17. The van der Waals surface area contributed by atoms with E-state index in [2.05, 4.69) is 24.8 Å². The first-order valence-electron chi connectivity index (χ1n) is 7.11. The van der Waals surface area contributed by atoms with Crippen LogP contribution in [0.4, 0.5) is 0 Å². The fraction of sp³-hybridized carbons (Fsp3) is 0.750. The zero-order chi connectivity index (χ0) is 12.6. The molecular weight excluding hydrogens is 228 g/mol. The monoisotopic (exact) mass is 254 g/mol. The van der Waals surface area contributed by atoms with Gasteiger partial charge >= 0.3 is 0 Å². The Bertz CT molecular complexity index is 219. The van der Waals surface area contributed by atoms with Crippen molar-refractivity contribution in [1.29, 1.82) is 0 Å². The van der Waals surface area contributed by atoms with Crippen molar-refractivity contribution in [1.82, 2.24) is 0 Å². The first kappa shape index (κ1) is 16.6. The van der Waals surface area contributed by atoms with Crippen molar-refractivity contribution in [3.05, 3.63) is 12.2 Å². The van der Waals surface area contributed by atoms with Crippen molar-refractivity contribution in [3.8, 4) is 11.8 Å². The van der Waals surface area contributed by atoms with Gasteiger partial charge in [-0.3, -0.25) is 0 Å². The molecule has 0 rings (SSSR count). The second kappa shape index (κ2) is 15.6. The summed E-state index contributed by atoms with van der Waals surface area (Å²) in [4.78, 5) is 0. The van der Waals surface area contributed by atoms with Crippen molar-refractivity contribution in [2.24, 2.45) is 0 Å². The Morgan fingerprint density at radius 1 is 0.941 bits per heavy atom. The van der Waals surface area contributed by atoms with Gasteiger partial charge in [0.05, 0.1) is 0 Å². The summed E-state index contributed by atoms with van der Waals surface area (Å²) in [5.41, 5.74) is 0. The number of hydrogen-bond donors (Lipinski definition) is 0. The molecular formula is C16H27Cl. The maximum absolute atomic E-state index is 5.62. The lowest BCUT2D eigenvalue weighted by Crippen LogP contribution is -1.80. The average Bonchev–Trinajstić information content (AvgIpc) is 2.35. The topological polar surface area (TPSA) is 0 Å². The summed E-state index contributed by atoms with van der Waals surface area (Å²) in [7, 11) is 0. The van der Waals surface area contributed by atoms with Crippen LogP contribution in [0.1, 0.15) is 71.1 Å². The van der Waals surface area contributed by atoms with Crippen molar-refractivity contribution in [2.75, 3.05) is 5.88 Å². The third kappa shape index (κ3) is 15.6. The zero-order valence-corrected chi connectivity index (χ0v) is 12.1. The van der Waals surface area contributed by atoms with Crippen LogP contribution in [0.5, 0.6) is 0 Å². The maximum atomic E-state index is 5.62. The molecule has 0 unspecified atom stereocenters. The molecule has 0 aromatic rings. The second-order valence-corrected chi connectivity index (χ2v) is 4.80. The molecule has 1 heteroatoms. The summed E-state index contributed by atoms with van der Waals surface area (Å²) < 4.78 is 0. The van der Waals surface area contributed by atoms with Gasteiger partial charge in [-0.1, -0.05) is 63.4 Å². The number of hydrogen-bond acceptors (Lipinski definition) is 0. The molecule has 0 fully saturated rings. The van der Waals surface area contributed by atoms with E-state index in [4.69, 9.17) is 11.6 Å². The van der Waals surface area contributed by atoms with Crippen LogP contribution in [0.3, 0.4) is 0 Å². The minimum Gasteiger partial charge on any atom is -0.127 e. The van der Waals surface area contributed by atoms with Crippen molar-refractivity contribution < 1.29 is 0 Å². The van der Waals surface area contributed by atoms with Crippen LogP contribution < -0.4 is 0 Å². The van der Waals surface area contributed by atoms with Crippen LogP contribution in [-0.4, -0.2) is 5.88 Å². The highest BCUT2D eigenvalue weighted by Crippen LogP contribution is 2.07. The van der Waals surface area contributed by atoms with Crippen molar-refractivity contribution in [3.63, 3.8) is 0 Å². The van der Waals surface area contributed by atoms with Gasteiger partial charge in [-0.25, -0.2) is 0 Å². The van der Waals surface area contributed by atoms with Crippen LogP contribution in [0, 0.1) is 11.8 Å². The standard InChI is InChI=1S/C16H27Cl/c1-2-3-4-5-6-7-8-9-10-11-12-13-14-15-16-17/h5-6H,2-4,9-16H2,1H3/b6-5-. The van der Waals surface area contributed by atoms with Crippen LogP contribution >= 0.6 is 11.6 Å². The third-order valence-electron chi connectivity index (χ3n) is 2.71. The summed E-state index contributed by atoms with van der Waals surface area (Å²) in [6, 6.07) is 0. The molecule has 0 aliphatic rings. The van der Waals surface area contributed by atoms with Crippen LogP contribution in [0.2, 0.25) is 0 Å². The predicted molar refractivity (Wildman–Crippen MR) is 79.5 cm³/mol. The number of rotatable bonds is 10. The fourth-order valence-electron chi connectivity index (χ4n) is 1.61. The molecule has 0 nitrogen and oxygen atoms in total. The van der Waals surface area contributed by atoms with E-state index in [9.17, 15) is 0 Å². The van der Waals surface area contributed by atoms with Crippen molar-refractivity contribution in [2.45, 2.75) is 71.1 Å². The zero-order valence-electron chi connectivity index (χ0n) is 11.3. The first-order chi connectivity index (χ1) is 8.41. The summed E-state index contributed by atoms with van der Waals surface area (Å²) in [5.74, 6) is 7.13. The van der Waals surface area contributed by atoms with Gasteiger partial charge in [0.2, 0.25) is 0 Å². The molecule has 0 N–H and O–H groups in total. The lowest BCUT2D eigenvalue weighted by molar-refractivity contribution is 0.615. The molecule has 0 heterocycles. The normalized spacial score (nSPS) is 10.5. The number of halogens is 1. The summed E-state index contributed by atoms with van der Waals surface area (Å²) in [5, 5.41) is 0. The summed E-state index contributed by atoms with van der Waals surface area (Å²) in [6.07, 6.45) is 16.6. The van der Waals surface area contributed by atoms with E-state index in [0.29, 0.717) is 0 Å². The molecule has 0 aromatic carbocycles. The van der Waals surface area contributed by atoms with E-state index in [1.54, 1.807) is 0 Å². The van der Waals surface area contributed by atoms with E-state index in [1.807, 2.05) is 6.08 Å². The summed E-state index contributed by atoms with van der Waals surface area (Å²) in [6.45, 7) is 2.21. The van der Waals surface area contributed by atoms with E-state index >= 15 is 0 Å². The van der Waals surface area contributed by atoms with Gasteiger partial charge in [-0.05, 0) is 25.3 Å². The Labute approximate surface area is 113 Å². The lowest BCUT2D eigenvalue weighted by atomic mass is 10.1. The van der Waals surface area contributed by atoms with Gasteiger partial charge in [0.1, 0.15) is 0 Å². The van der Waals surface area contributed by atoms with Crippen LogP contribution in [0.15, 0.2) is 12.2 Å². The number of allylic oxidation sites excluding steroid dienone is 2. The lowest BCUT2D eigenvalue weighted by Gasteiger charge is -1.97. The van der Waals surface area contributed by atoms with Crippen LogP contribution in [-0.2, 0) is 0 Å². The SMILES string of the molecule is CCCC/C=C\C#CCCCCCCCCCl. The Morgan fingerprint density at radius 3 is 2.35 bits per heavy atom. The first-order valence-corrected chi connectivity index (χ1v) is 7.64. The molecule has 0 amide bonds. The second-order valence-electron chi connectivity index (χ2n) is 4.43. The Hall–Kier alpha value is -0.410.